The lowest BCUT2D eigenvalue weighted by Gasteiger charge is -2.36. The summed E-state index contributed by atoms with van der Waals surface area (Å²) in [5.41, 5.74) is 2.89. The fraction of sp³-hybridized carbons (Fsp3) is 0.400. The highest BCUT2D eigenvalue weighted by molar-refractivity contribution is 7.99. The van der Waals surface area contributed by atoms with Crippen molar-refractivity contribution in [1.82, 2.24) is 4.90 Å². The third-order valence-corrected chi connectivity index (χ3v) is 7.58. The van der Waals surface area contributed by atoms with E-state index in [0.717, 1.165) is 59.9 Å². The van der Waals surface area contributed by atoms with E-state index in [-0.39, 0.29) is 5.82 Å². The first-order valence-corrected chi connectivity index (χ1v) is 13.3. The number of hydrogen-bond acceptors (Lipinski definition) is 5. The van der Waals surface area contributed by atoms with Crippen LogP contribution in [-0.2, 0) is 21.5 Å². The van der Waals surface area contributed by atoms with Gasteiger partial charge in [0.1, 0.15) is 11.6 Å². The first-order chi connectivity index (χ1) is 17.5. The summed E-state index contributed by atoms with van der Waals surface area (Å²) in [7, 11) is 5.85. The van der Waals surface area contributed by atoms with E-state index in [1.54, 1.807) is 31.0 Å². The van der Waals surface area contributed by atoms with Gasteiger partial charge in [-0.1, -0.05) is 36.0 Å². The van der Waals surface area contributed by atoms with Gasteiger partial charge in [0.05, 0.1) is 12.2 Å². The smallest absolute Gasteiger partial charge is 0.124 e. The summed E-state index contributed by atoms with van der Waals surface area (Å²) in [5, 5.41) is 0. The monoisotopic (exact) mass is 509 g/mol. The molecule has 1 aliphatic rings. The van der Waals surface area contributed by atoms with Crippen LogP contribution >= 0.6 is 11.8 Å². The van der Waals surface area contributed by atoms with Gasteiger partial charge in [-0.05, 0) is 86.1 Å². The molecule has 0 radical (unpaired) electrons. The molecule has 1 fully saturated rings. The molecule has 3 aromatic rings. The van der Waals surface area contributed by atoms with E-state index in [2.05, 4.69) is 61.5 Å². The SMILES string of the molecule is COC1(c2cc(F)cc(Sc3ccc(Cc4ccc(OCCCN(C)C)cc4)cc3)c2)CCOCC1. The molecule has 0 aromatic heterocycles. The van der Waals surface area contributed by atoms with E-state index in [4.69, 9.17) is 14.2 Å². The van der Waals surface area contributed by atoms with Crippen LogP contribution < -0.4 is 4.74 Å². The number of methoxy groups -OCH3 is 1. The molecule has 4 rings (SSSR count). The van der Waals surface area contributed by atoms with E-state index in [9.17, 15) is 4.39 Å². The second-order valence-electron chi connectivity index (χ2n) is 9.56. The highest BCUT2D eigenvalue weighted by atomic mass is 32.2. The van der Waals surface area contributed by atoms with Gasteiger partial charge in [0.15, 0.2) is 0 Å². The van der Waals surface area contributed by atoms with Crippen LogP contribution in [0.5, 0.6) is 5.75 Å². The van der Waals surface area contributed by atoms with Crippen LogP contribution in [0, 0.1) is 5.82 Å². The Morgan fingerprint density at radius 2 is 1.58 bits per heavy atom. The van der Waals surface area contributed by atoms with Crippen LogP contribution in [0.2, 0.25) is 0 Å². The zero-order valence-corrected chi connectivity index (χ0v) is 22.3. The van der Waals surface area contributed by atoms with Gasteiger partial charge in [-0.2, -0.15) is 0 Å². The lowest BCUT2D eigenvalue weighted by atomic mass is 9.86. The Bertz CT molecular complexity index is 1100. The minimum atomic E-state index is -0.480. The Morgan fingerprint density at radius 1 is 0.917 bits per heavy atom. The lowest BCUT2D eigenvalue weighted by Crippen LogP contribution is -2.35. The van der Waals surface area contributed by atoms with Crippen molar-refractivity contribution in [2.45, 2.75) is 41.1 Å². The highest BCUT2D eigenvalue weighted by Crippen LogP contribution is 2.39. The van der Waals surface area contributed by atoms with Crippen LogP contribution in [0.15, 0.2) is 76.5 Å². The van der Waals surface area contributed by atoms with Gasteiger partial charge in [-0.25, -0.2) is 4.39 Å². The van der Waals surface area contributed by atoms with Crippen LogP contribution in [0.3, 0.4) is 0 Å². The van der Waals surface area contributed by atoms with Crippen molar-refractivity contribution in [1.29, 1.82) is 0 Å². The van der Waals surface area contributed by atoms with Crippen molar-refractivity contribution < 1.29 is 18.6 Å². The summed E-state index contributed by atoms with van der Waals surface area (Å²) >= 11 is 1.57. The summed E-state index contributed by atoms with van der Waals surface area (Å²) in [4.78, 5) is 4.12. The Kier molecular flexibility index (Phi) is 9.43. The topological polar surface area (TPSA) is 30.9 Å². The first-order valence-electron chi connectivity index (χ1n) is 12.5. The molecule has 1 saturated heterocycles. The van der Waals surface area contributed by atoms with Crippen LogP contribution in [0.1, 0.15) is 36.0 Å². The summed E-state index contributed by atoms with van der Waals surface area (Å²) in [6.45, 7) is 3.00. The maximum absolute atomic E-state index is 14.5. The molecule has 0 aliphatic carbocycles. The molecule has 6 heteroatoms. The van der Waals surface area contributed by atoms with E-state index in [1.807, 2.05) is 12.1 Å². The fourth-order valence-electron chi connectivity index (χ4n) is 4.52. The summed E-state index contributed by atoms with van der Waals surface area (Å²) in [6, 6.07) is 22.1. The lowest BCUT2D eigenvalue weighted by molar-refractivity contribution is -0.0950. The largest absolute Gasteiger partial charge is 0.494 e. The number of hydrogen-bond donors (Lipinski definition) is 0. The zero-order chi connectivity index (χ0) is 25.4. The van der Waals surface area contributed by atoms with E-state index in [1.165, 1.54) is 11.1 Å². The van der Waals surface area contributed by atoms with E-state index < -0.39 is 5.60 Å². The molecule has 0 saturated carbocycles. The molecule has 4 nitrogen and oxygen atoms in total. The number of nitrogens with zero attached hydrogens (tertiary/aromatic N) is 1. The van der Waals surface area contributed by atoms with Crippen molar-refractivity contribution in [3.05, 3.63) is 89.2 Å². The number of ether oxygens (including phenoxy) is 3. The van der Waals surface area contributed by atoms with Gasteiger partial charge in [0, 0.05) is 49.5 Å². The molecule has 0 atom stereocenters. The average molecular weight is 510 g/mol. The molecule has 0 unspecified atom stereocenters. The second kappa shape index (κ2) is 12.7. The molecule has 3 aromatic carbocycles. The summed E-state index contributed by atoms with van der Waals surface area (Å²) in [6.07, 6.45) is 3.33. The first kappa shape index (κ1) is 26.7. The normalized spacial score (nSPS) is 15.2. The zero-order valence-electron chi connectivity index (χ0n) is 21.5. The molecule has 1 aliphatic heterocycles. The van der Waals surface area contributed by atoms with E-state index >= 15 is 0 Å². The Morgan fingerprint density at radius 3 is 2.22 bits per heavy atom. The van der Waals surface area contributed by atoms with Gasteiger partial charge in [-0.15, -0.1) is 0 Å². The molecule has 192 valence electrons. The van der Waals surface area contributed by atoms with Gasteiger partial charge in [-0.3, -0.25) is 0 Å². The summed E-state index contributed by atoms with van der Waals surface area (Å²) in [5.74, 6) is 0.675. The number of rotatable bonds is 11. The Labute approximate surface area is 218 Å². The van der Waals surface area contributed by atoms with Crippen molar-refractivity contribution in [2.75, 3.05) is 47.6 Å². The van der Waals surface area contributed by atoms with Crippen LogP contribution in [0.25, 0.3) is 0 Å². The van der Waals surface area contributed by atoms with Gasteiger partial charge in [0.2, 0.25) is 0 Å². The molecule has 1 heterocycles. The minimum Gasteiger partial charge on any atom is -0.494 e. The molecule has 0 bridgehead atoms. The fourth-order valence-corrected chi connectivity index (χ4v) is 5.42. The molecule has 0 spiro atoms. The number of benzene rings is 3. The maximum atomic E-state index is 14.5. The van der Waals surface area contributed by atoms with Crippen molar-refractivity contribution in [2.24, 2.45) is 0 Å². The predicted molar refractivity (Wildman–Crippen MR) is 144 cm³/mol. The average Bonchev–Trinajstić information content (AvgIpc) is 2.89. The van der Waals surface area contributed by atoms with Crippen LogP contribution in [-0.4, -0.2) is 52.5 Å². The van der Waals surface area contributed by atoms with Crippen molar-refractivity contribution in [3.8, 4) is 5.75 Å². The predicted octanol–water partition coefficient (Wildman–Crippen LogP) is 6.55. The molecule has 0 N–H and O–H groups in total. The molecular weight excluding hydrogens is 473 g/mol. The third kappa shape index (κ3) is 7.32. The molecule has 36 heavy (non-hydrogen) atoms. The van der Waals surface area contributed by atoms with Crippen molar-refractivity contribution >= 4 is 11.8 Å². The van der Waals surface area contributed by atoms with Crippen molar-refractivity contribution in [3.63, 3.8) is 0 Å². The number of halogens is 1. The van der Waals surface area contributed by atoms with Gasteiger partial charge < -0.3 is 19.1 Å². The third-order valence-electron chi connectivity index (χ3n) is 6.60. The molecule has 0 amide bonds. The maximum Gasteiger partial charge on any atom is 0.124 e. The Hall–Kier alpha value is -2.38. The van der Waals surface area contributed by atoms with E-state index in [0.29, 0.717) is 13.2 Å². The minimum absolute atomic E-state index is 0.236. The standard InChI is InChI=1S/C30H36FNO3S/c1-32(2)15-4-16-35-27-9-5-23(6-10-27)19-24-7-11-28(12-8-24)36-29-21-25(20-26(31)22-29)30(33-3)13-17-34-18-14-30/h5-12,20-22H,4,13-19H2,1-3H3. The van der Waals surface area contributed by atoms with Gasteiger partial charge >= 0.3 is 0 Å². The highest BCUT2D eigenvalue weighted by Gasteiger charge is 2.35. The summed E-state index contributed by atoms with van der Waals surface area (Å²) < 4.78 is 31.7. The van der Waals surface area contributed by atoms with Gasteiger partial charge in [0.25, 0.3) is 0 Å². The Balaban J connectivity index is 1.35. The second-order valence-corrected chi connectivity index (χ2v) is 10.7. The quantitative estimate of drug-likeness (QED) is 0.274. The molecular formula is C30H36FNO3S. The van der Waals surface area contributed by atoms with Crippen LogP contribution in [0.4, 0.5) is 4.39 Å².